The molecule has 1 atom stereocenters. The summed E-state index contributed by atoms with van der Waals surface area (Å²) in [5.41, 5.74) is 2.35. The van der Waals surface area contributed by atoms with Gasteiger partial charge in [0.1, 0.15) is 12.6 Å². The lowest BCUT2D eigenvalue weighted by Crippen LogP contribution is -2.39. The van der Waals surface area contributed by atoms with E-state index in [1.807, 2.05) is 48.7 Å². The first-order valence-electron chi connectivity index (χ1n) is 10.2. The maximum Gasteiger partial charge on any atom is 0.323 e. The second-order valence-corrected chi connectivity index (χ2v) is 8.42. The summed E-state index contributed by atoms with van der Waals surface area (Å²) in [7, 11) is 2.54. The number of methoxy groups -OCH3 is 2. The lowest BCUT2D eigenvalue weighted by molar-refractivity contribution is -0.149. The van der Waals surface area contributed by atoms with Gasteiger partial charge in [-0.2, -0.15) is 0 Å². The smallest absolute Gasteiger partial charge is 0.323 e. The van der Waals surface area contributed by atoms with Crippen LogP contribution in [-0.4, -0.2) is 43.4 Å². The van der Waals surface area contributed by atoms with Crippen molar-refractivity contribution >= 4 is 46.2 Å². The van der Waals surface area contributed by atoms with Crippen molar-refractivity contribution in [3.8, 4) is 5.88 Å². The number of nitrogens with one attached hydrogen (secondary N) is 1. The normalized spacial score (nSPS) is 11.8. The third kappa shape index (κ3) is 6.60. The lowest BCUT2D eigenvalue weighted by atomic mass is 10.1. The van der Waals surface area contributed by atoms with Gasteiger partial charge in [-0.3, -0.25) is 14.9 Å². The summed E-state index contributed by atoms with van der Waals surface area (Å²) in [6.45, 7) is 0.456. The quantitative estimate of drug-likeness (QED) is 0.332. The summed E-state index contributed by atoms with van der Waals surface area (Å²) in [4.78, 5) is 29.7. The zero-order valence-corrected chi connectivity index (χ0v) is 20.2. The van der Waals surface area contributed by atoms with Crippen LogP contribution in [-0.2, 0) is 32.2 Å². The Labute approximate surface area is 201 Å². The van der Waals surface area contributed by atoms with Crippen LogP contribution >= 0.6 is 23.4 Å². The molecule has 0 bridgehead atoms. The fraction of sp³-hybridized carbons (Fsp3) is 0.292. The van der Waals surface area contributed by atoms with Gasteiger partial charge in [0.2, 0.25) is 5.88 Å². The number of hydrogen-bond donors (Lipinski definition) is 1. The van der Waals surface area contributed by atoms with Crippen molar-refractivity contribution in [2.75, 3.05) is 20.5 Å². The SMILES string of the molecule is COC(=O)C[C@@H](NCc1cc2ccc(SC)cc2nc1OCc1ccccc1Cl)C(=O)OC. The van der Waals surface area contributed by atoms with Crippen LogP contribution in [0.3, 0.4) is 0 Å². The van der Waals surface area contributed by atoms with Gasteiger partial charge >= 0.3 is 11.9 Å². The fourth-order valence-corrected chi connectivity index (χ4v) is 3.80. The number of thioether (sulfide) groups is 1. The Kier molecular flexibility index (Phi) is 8.94. The molecule has 0 unspecified atom stereocenters. The van der Waals surface area contributed by atoms with Crippen molar-refractivity contribution in [1.29, 1.82) is 0 Å². The van der Waals surface area contributed by atoms with Gasteiger partial charge in [-0.1, -0.05) is 35.9 Å². The van der Waals surface area contributed by atoms with Gasteiger partial charge in [0, 0.05) is 33.0 Å². The third-order valence-electron chi connectivity index (χ3n) is 5.01. The number of nitrogens with zero attached hydrogens (tertiary/aromatic N) is 1. The molecular formula is C24H25ClN2O5S. The first-order valence-corrected chi connectivity index (χ1v) is 11.8. The van der Waals surface area contributed by atoms with Crippen LogP contribution in [0.25, 0.3) is 10.9 Å². The number of halogens is 1. The second kappa shape index (κ2) is 11.9. The van der Waals surface area contributed by atoms with E-state index in [1.165, 1.54) is 14.2 Å². The highest BCUT2D eigenvalue weighted by Gasteiger charge is 2.23. The average Bonchev–Trinajstić information content (AvgIpc) is 2.84. The van der Waals surface area contributed by atoms with Crippen molar-refractivity contribution in [3.05, 3.63) is 64.7 Å². The Morgan fingerprint density at radius 3 is 2.58 bits per heavy atom. The van der Waals surface area contributed by atoms with Crippen molar-refractivity contribution < 1.29 is 23.8 Å². The zero-order valence-electron chi connectivity index (χ0n) is 18.6. The fourth-order valence-electron chi connectivity index (χ4n) is 3.18. The molecule has 0 spiro atoms. The highest BCUT2D eigenvalue weighted by molar-refractivity contribution is 7.98. The third-order valence-corrected chi connectivity index (χ3v) is 6.10. The number of carbonyl (C=O) groups is 2. The Morgan fingerprint density at radius 2 is 1.88 bits per heavy atom. The van der Waals surface area contributed by atoms with E-state index in [0.717, 1.165) is 26.9 Å². The van der Waals surface area contributed by atoms with E-state index in [1.54, 1.807) is 17.8 Å². The molecule has 0 aliphatic heterocycles. The monoisotopic (exact) mass is 488 g/mol. The average molecular weight is 489 g/mol. The predicted octanol–water partition coefficient (Wildman–Crippen LogP) is 4.38. The number of ether oxygens (including phenoxy) is 3. The number of hydrogen-bond acceptors (Lipinski definition) is 8. The van der Waals surface area contributed by atoms with Crippen molar-refractivity contribution in [2.45, 2.75) is 30.5 Å². The van der Waals surface area contributed by atoms with E-state index in [2.05, 4.69) is 5.32 Å². The molecule has 2 aromatic carbocycles. The van der Waals surface area contributed by atoms with Crippen LogP contribution in [0.2, 0.25) is 5.02 Å². The molecule has 174 valence electrons. The molecule has 9 heteroatoms. The topological polar surface area (TPSA) is 86.8 Å². The van der Waals surface area contributed by atoms with Crippen molar-refractivity contribution in [1.82, 2.24) is 10.3 Å². The Hall–Kier alpha value is -2.81. The van der Waals surface area contributed by atoms with E-state index < -0.39 is 18.0 Å². The van der Waals surface area contributed by atoms with Crippen molar-refractivity contribution in [2.24, 2.45) is 0 Å². The zero-order chi connectivity index (χ0) is 23.8. The maximum atomic E-state index is 12.1. The van der Waals surface area contributed by atoms with Crippen LogP contribution in [0.5, 0.6) is 5.88 Å². The summed E-state index contributed by atoms with van der Waals surface area (Å²) in [6.07, 6.45) is 1.85. The van der Waals surface area contributed by atoms with Crippen LogP contribution in [0.15, 0.2) is 53.4 Å². The van der Waals surface area contributed by atoms with E-state index in [0.29, 0.717) is 10.9 Å². The molecule has 0 radical (unpaired) electrons. The number of pyridine rings is 1. The van der Waals surface area contributed by atoms with E-state index >= 15 is 0 Å². The predicted molar refractivity (Wildman–Crippen MR) is 129 cm³/mol. The highest BCUT2D eigenvalue weighted by Crippen LogP contribution is 2.27. The highest BCUT2D eigenvalue weighted by atomic mass is 35.5. The molecule has 1 heterocycles. The van der Waals surface area contributed by atoms with Gasteiger partial charge in [-0.15, -0.1) is 11.8 Å². The minimum atomic E-state index is -0.867. The molecule has 7 nitrogen and oxygen atoms in total. The molecule has 1 aromatic heterocycles. The van der Waals surface area contributed by atoms with E-state index in [-0.39, 0.29) is 19.6 Å². The summed E-state index contributed by atoms with van der Waals surface area (Å²) in [5.74, 6) is -0.665. The molecule has 33 heavy (non-hydrogen) atoms. The summed E-state index contributed by atoms with van der Waals surface area (Å²) >= 11 is 7.90. The molecule has 3 aromatic rings. The molecule has 0 aliphatic rings. The molecule has 0 aliphatic carbocycles. The molecule has 0 saturated heterocycles. The van der Waals surface area contributed by atoms with Gasteiger partial charge in [-0.05, 0) is 30.5 Å². The van der Waals surface area contributed by atoms with Crippen LogP contribution < -0.4 is 10.1 Å². The second-order valence-electron chi connectivity index (χ2n) is 7.13. The van der Waals surface area contributed by atoms with Gasteiger partial charge in [-0.25, -0.2) is 4.98 Å². The lowest BCUT2D eigenvalue weighted by Gasteiger charge is -2.17. The maximum absolute atomic E-state index is 12.1. The van der Waals surface area contributed by atoms with E-state index in [9.17, 15) is 9.59 Å². The number of aromatic nitrogens is 1. The molecule has 3 rings (SSSR count). The Bertz CT molecular complexity index is 1140. The van der Waals surface area contributed by atoms with Crippen LogP contribution in [0.1, 0.15) is 17.5 Å². The number of carbonyl (C=O) groups excluding carboxylic acids is 2. The van der Waals surface area contributed by atoms with E-state index in [4.69, 9.17) is 30.8 Å². The minimum absolute atomic E-state index is 0.156. The number of benzene rings is 2. The summed E-state index contributed by atoms with van der Waals surface area (Å²) in [5, 5.41) is 4.59. The molecule has 0 amide bonds. The van der Waals surface area contributed by atoms with Gasteiger partial charge in [0.15, 0.2) is 0 Å². The standard InChI is InChI=1S/C24H25ClN2O5S/c1-30-22(28)12-21(24(29)31-2)26-13-17-10-15-8-9-18(33-3)11-20(15)27-23(17)32-14-16-6-4-5-7-19(16)25/h4-11,21,26H,12-14H2,1-3H3/t21-/m1/s1. The largest absolute Gasteiger partial charge is 0.472 e. The Morgan fingerprint density at radius 1 is 1.09 bits per heavy atom. The first kappa shape index (κ1) is 24.8. The number of fused-ring (bicyclic) bond motifs is 1. The Balaban J connectivity index is 1.90. The molecule has 0 saturated carbocycles. The minimum Gasteiger partial charge on any atom is -0.472 e. The number of esters is 2. The van der Waals surface area contributed by atoms with Gasteiger partial charge < -0.3 is 14.2 Å². The van der Waals surface area contributed by atoms with Gasteiger partial charge in [0.25, 0.3) is 0 Å². The van der Waals surface area contributed by atoms with Crippen LogP contribution in [0.4, 0.5) is 0 Å². The van der Waals surface area contributed by atoms with Crippen LogP contribution in [0, 0.1) is 0 Å². The number of rotatable bonds is 10. The van der Waals surface area contributed by atoms with Gasteiger partial charge in [0.05, 0.1) is 26.2 Å². The molecule has 0 fully saturated rings. The molecular weight excluding hydrogens is 464 g/mol. The summed E-state index contributed by atoms with van der Waals surface area (Å²) in [6, 6.07) is 14.5. The first-order chi connectivity index (χ1) is 15.9. The molecule has 1 N–H and O–H groups in total. The summed E-state index contributed by atoms with van der Waals surface area (Å²) < 4.78 is 15.6. The van der Waals surface area contributed by atoms with Crippen molar-refractivity contribution in [3.63, 3.8) is 0 Å².